The van der Waals surface area contributed by atoms with Gasteiger partial charge in [-0.3, -0.25) is 0 Å². The van der Waals surface area contributed by atoms with Crippen LogP contribution in [0.1, 0.15) is 5.56 Å². The van der Waals surface area contributed by atoms with Crippen LogP contribution in [0.2, 0.25) is 0 Å². The van der Waals surface area contributed by atoms with Gasteiger partial charge < -0.3 is 0 Å². The maximum absolute atomic E-state index is 11.3. The highest BCUT2D eigenvalue weighted by atomic mass is 35.5. The van der Waals surface area contributed by atoms with Crippen LogP contribution in [0.25, 0.3) is 0 Å². The largest absolute Gasteiger partial charge is 0.240 e. The van der Waals surface area contributed by atoms with Crippen LogP contribution in [0.5, 0.6) is 0 Å². The molecule has 72 valence electrons. The fraction of sp³-hybridized carbons (Fsp3) is 0.250. The minimum atomic E-state index is -3.32. The zero-order valence-electron chi connectivity index (χ0n) is 7.12. The number of hydrogen-bond acceptors (Lipinski definition) is 2. The van der Waals surface area contributed by atoms with E-state index < -0.39 is 10.0 Å². The Hall–Kier alpha value is -0.580. The Morgan fingerprint density at radius 2 is 1.85 bits per heavy atom. The van der Waals surface area contributed by atoms with Crippen LogP contribution in [0.15, 0.2) is 29.2 Å². The SMILES string of the molecule is CNS(=O)(=O)c1ccc(CCl)cc1. The molecule has 0 saturated carbocycles. The van der Waals surface area contributed by atoms with Gasteiger partial charge in [0.2, 0.25) is 10.0 Å². The van der Waals surface area contributed by atoms with E-state index in [0.29, 0.717) is 5.88 Å². The number of halogens is 1. The van der Waals surface area contributed by atoms with E-state index in [4.69, 9.17) is 11.6 Å². The molecule has 1 aromatic carbocycles. The van der Waals surface area contributed by atoms with E-state index in [1.807, 2.05) is 0 Å². The van der Waals surface area contributed by atoms with Crippen molar-refractivity contribution in [3.63, 3.8) is 0 Å². The van der Waals surface area contributed by atoms with Gasteiger partial charge in [0.15, 0.2) is 0 Å². The molecule has 0 spiro atoms. The van der Waals surface area contributed by atoms with Gasteiger partial charge in [-0.25, -0.2) is 13.1 Å². The lowest BCUT2D eigenvalue weighted by molar-refractivity contribution is 0.588. The van der Waals surface area contributed by atoms with Gasteiger partial charge in [-0.1, -0.05) is 12.1 Å². The summed E-state index contributed by atoms with van der Waals surface area (Å²) >= 11 is 5.56. The highest BCUT2D eigenvalue weighted by Crippen LogP contribution is 2.11. The van der Waals surface area contributed by atoms with Crippen molar-refractivity contribution < 1.29 is 8.42 Å². The molecule has 1 aromatic rings. The number of hydrogen-bond donors (Lipinski definition) is 1. The molecule has 0 aliphatic rings. The zero-order chi connectivity index (χ0) is 9.90. The number of rotatable bonds is 3. The molecule has 0 amide bonds. The van der Waals surface area contributed by atoms with Gasteiger partial charge in [-0.15, -0.1) is 11.6 Å². The molecule has 0 aliphatic heterocycles. The molecule has 0 bridgehead atoms. The summed E-state index contributed by atoms with van der Waals surface area (Å²) in [7, 11) is -1.94. The summed E-state index contributed by atoms with van der Waals surface area (Å²) in [6, 6.07) is 6.45. The minimum absolute atomic E-state index is 0.254. The van der Waals surface area contributed by atoms with Crippen molar-refractivity contribution in [3.8, 4) is 0 Å². The summed E-state index contributed by atoms with van der Waals surface area (Å²) in [5, 5.41) is 0. The van der Waals surface area contributed by atoms with Crippen LogP contribution in [0.4, 0.5) is 0 Å². The van der Waals surface area contributed by atoms with Crippen molar-refractivity contribution >= 4 is 21.6 Å². The Morgan fingerprint density at radius 1 is 1.31 bits per heavy atom. The van der Waals surface area contributed by atoms with Crippen LogP contribution >= 0.6 is 11.6 Å². The quantitative estimate of drug-likeness (QED) is 0.780. The van der Waals surface area contributed by atoms with Crippen LogP contribution in [0, 0.1) is 0 Å². The summed E-state index contributed by atoms with van der Waals surface area (Å²) in [6.07, 6.45) is 0. The summed E-state index contributed by atoms with van der Waals surface area (Å²) in [5.74, 6) is 0.389. The molecule has 0 aromatic heterocycles. The topological polar surface area (TPSA) is 46.2 Å². The molecule has 1 N–H and O–H groups in total. The second-order valence-electron chi connectivity index (χ2n) is 2.49. The van der Waals surface area contributed by atoms with E-state index in [-0.39, 0.29) is 4.90 Å². The van der Waals surface area contributed by atoms with Gasteiger partial charge in [0, 0.05) is 5.88 Å². The van der Waals surface area contributed by atoms with E-state index in [9.17, 15) is 8.42 Å². The number of sulfonamides is 1. The summed E-state index contributed by atoms with van der Waals surface area (Å²) in [5.41, 5.74) is 0.900. The average molecular weight is 220 g/mol. The minimum Gasteiger partial charge on any atom is -0.214 e. The first-order chi connectivity index (χ1) is 6.10. The fourth-order valence-corrected chi connectivity index (χ4v) is 1.78. The van der Waals surface area contributed by atoms with Gasteiger partial charge >= 0.3 is 0 Å². The Balaban J connectivity index is 3.06. The molecule has 5 heteroatoms. The molecule has 1 rings (SSSR count). The monoisotopic (exact) mass is 219 g/mol. The Bertz CT molecular complexity index is 372. The van der Waals surface area contributed by atoms with Gasteiger partial charge in [-0.05, 0) is 24.7 Å². The number of alkyl halides is 1. The van der Waals surface area contributed by atoms with E-state index in [0.717, 1.165) is 5.56 Å². The highest BCUT2D eigenvalue weighted by molar-refractivity contribution is 7.89. The van der Waals surface area contributed by atoms with E-state index in [1.54, 1.807) is 12.1 Å². The standard InChI is InChI=1S/C8H10ClNO2S/c1-10-13(11,12)8-4-2-7(6-9)3-5-8/h2-5,10H,6H2,1H3. The van der Waals surface area contributed by atoms with Gasteiger partial charge in [0.25, 0.3) is 0 Å². The Labute approximate surface area is 82.8 Å². The lowest BCUT2D eigenvalue weighted by atomic mass is 10.2. The lowest BCUT2D eigenvalue weighted by Crippen LogP contribution is -2.18. The molecular weight excluding hydrogens is 210 g/mol. The maximum atomic E-state index is 11.3. The molecule has 0 unspecified atom stereocenters. The molecule has 3 nitrogen and oxygen atoms in total. The highest BCUT2D eigenvalue weighted by Gasteiger charge is 2.09. The molecule has 0 saturated heterocycles. The lowest BCUT2D eigenvalue weighted by Gasteiger charge is -2.02. The molecule has 13 heavy (non-hydrogen) atoms. The first-order valence-electron chi connectivity index (χ1n) is 3.68. The van der Waals surface area contributed by atoms with Crippen molar-refractivity contribution in [1.29, 1.82) is 0 Å². The molecular formula is C8H10ClNO2S. The second-order valence-corrected chi connectivity index (χ2v) is 4.64. The third-order valence-electron chi connectivity index (χ3n) is 1.66. The predicted octanol–water partition coefficient (Wildman–Crippen LogP) is 1.33. The number of benzene rings is 1. The molecule has 0 radical (unpaired) electrons. The zero-order valence-corrected chi connectivity index (χ0v) is 8.69. The van der Waals surface area contributed by atoms with E-state index in [2.05, 4.69) is 4.72 Å². The third kappa shape index (κ3) is 2.43. The van der Waals surface area contributed by atoms with Crippen molar-refractivity contribution in [3.05, 3.63) is 29.8 Å². The Morgan fingerprint density at radius 3 is 2.23 bits per heavy atom. The fourth-order valence-electron chi connectivity index (χ4n) is 0.876. The van der Waals surface area contributed by atoms with Crippen molar-refractivity contribution in [2.75, 3.05) is 7.05 Å². The Kier molecular flexibility index (Phi) is 3.30. The molecule has 0 atom stereocenters. The smallest absolute Gasteiger partial charge is 0.214 e. The van der Waals surface area contributed by atoms with Crippen LogP contribution in [0.3, 0.4) is 0 Å². The van der Waals surface area contributed by atoms with Crippen molar-refractivity contribution in [1.82, 2.24) is 4.72 Å². The van der Waals surface area contributed by atoms with Crippen LogP contribution in [-0.4, -0.2) is 15.5 Å². The van der Waals surface area contributed by atoms with Gasteiger partial charge in [0.05, 0.1) is 4.90 Å². The molecule has 0 heterocycles. The summed E-state index contributed by atoms with van der Waals surface area (Å²) in [4.78, 5) is 0.254. The third-order valence-corrected chi connectivity index (χ3v) is 3.40. The van der Waals surface area contributed by atoms with Crippen LogP contribution in [-0.2, 0) is 15.9 Å². The normalized spacial score (nSPS) is 11.5. The van der Waals surface area contributed by atoms with Crippen molar-refractivity contribution in [2.24, 2.45) is 0 Å². The van der Waals surface area contributed by atoms with Crippen molar-refractivity contribution in [2.45, 2.75) is 10.8 Å². The van der Waals surface area contributed by atoms with Gasteiger partial charge in [0.1, 0.15) is 0 Å². The maximum Gasteiger partial charge on any atom is 0.240 e. The molecule has 0 fully saturated rings. The van der Waals surface area contributed by atoms with Gasteiger partial charge in [-0.2, -0.15) is 0 Å². The molecule has 0 aliphatic carbocycles. The van der Waals surface area contributed by atoms with Crippen LogP contribution < -0.4 is 4.72 Å². The summed E-state index contributed by atoms with van der Waals surface area (Å²) in [6.45, 7) is 0. The first-order valence-corrected chi connectivity index (χ1v) is 5.70. The van der Waals surface area contributed by atoms with E-state index in [1.165, 1.54) is 19.2 Å². The summed E-state index contributed by atoms with van der Waals surface area (Å²) < 4.78 is 24.7. The average Bonchev–Trinajstić information content (AvgIpc) is 2.18. The van der Waals surface area contributed by atoms with E-state index >= 15 is 0 Å². The predicted molar refractivity (Wildman–Crippen MR) is 52.2 cm³/mol. The number of nitrogens with one attached hydrogen (secondary N) is 1. The first kappa shape index (κ1) is 10.5. The second kappa shape index (κ2) is 4.09.